The van der Waals surface area contributed by atoms with Gasteiger partial charge in [0.15, 0.2) is 0 Å². The van der Waals surface area contributed by atoms with Gasteiger partial charge in [-0.25, -0.2) is 0 Å². The molecule has 1 aliphatic rings. The molecule has 1 saturated heterocycles. The average Bonchev–Trinajstić information content (AvgIpc) is 3.08. The maximum atomic E-state index is 10.3. The van der Waals surface area contributed by atoms with Gasteiger partial charge in [0.1, 0.15) is 17.4 Å². The van der Waals surface area contributed by atoms with Crippen molar-refractivity contribution in [1.29, 1.82) is 0 Å². The number of hydrogen-bond donors (Lipinski definition) is 0. The molecule has 2 aromatic carbocycles. The number of carbonyl (C=O) groups is 1. The van der Waals surface area contributed by atoms with Crippen LogP contribution in [0, 0.1) is 0 Å². The normalized spacial score (nSPS) is 15.0. The standard InChI is InChI=1S/C23H25NO3/c1-2-3-4-17-7-10-22-20(11-17)12-23(27-22)19-8-5-18(6-9-19)13-24-14-21(15-24)26-16-25/h5-12,16,21H,2-4,13-15H2,1H3. The first-order valence-corrected chi connectivity index (χ1v) is 9.68. The van der Waals surface area contributed by atoms with Gasteiger partial charge in [-0.1, -0.05) is 43.7 Å². The Kier molecular flexibility index (Phi) is 5.26. The predicted molar refractivity (Wildman–Crippen MR) is 106 cm³/mol. The van der Waals surface area contributed by atoms with Crippen molar-refractivity contribution in [3.63, 3.8) is 0 Å². The first-order valence-electron chi connectivity index (χ1n) is 9.68. The Labute approximate surface area is 159 Å². The monoisotopic (exact) mass is 363 g/mol. The number of nitrogens with zero attached hydrogens (tertiary/aromatic N) is 1. The van der Waals surface area contributed by atoms with Crippen molar-refractivity contribution >= 4 is 17.4 Å². The molecule has 1 fully saturated rings. The highest BCUT2D eigenvalue weighted by molar-refractivity contribution is 5.83. The minimum atomic E-state index is 0.0551. The van der Waals surface area contributed by atoms with Crippen LogP contribution in [-0.2, 0) is 22.5 Å². The molecule has 0 saturated carbocycles. The third kappa shape index (κ3) is 4.06. The molecule has 1 aromatic heterocycles. The molecule has 0 unspecified atom stereocenters. The van der Waals surface area contributed by atoms with Gasteiger partial charge in [-0.15, -0.1) is 0 Å². The molecule has 27 heavy (non-hydrogen) atoms. The number of hydrogen-bond acceptors (Lipinski definition) is 4. The van der Waals surface area contributed by atoms with E-state index in [1.54, 1.807) is 0 Å². The van der Waals surface area contributed by atoms with Crippen LogP contribution in [0.15, 0.2) is 52.9 Å². The summed E-state index contributed by atoms with van der Waals surface area (Å²) in [5.41, 5.74) is 4.66. The third-order valence-electron chi connectivity index (χ3n) is 5.22. The van der Waals surface area contributed by atoms with Gasteiger partial charge in [-0.2, -0.15) is 0 Å². The lowest BCUT2D eigenvalue weighted by atomic mass is 10.1. The van der Waals surface area contributed by atoms with Crippen molar-refractivity contribution in [1.82, 2.24) is 4.90 Å². The fourth-order valence-electron chi connectivity index (χ4n) is 3.62. The molecule has 0 spiro atoms. The molecule has 0 aliphatic carbocycles. The molecule has 4 nitrogen and oxygen atoms in total. The fourth-order valence-corrected chi connectivity index (χ4v) is 3.62. The van der Waals surface area contributed by atoms with E-state index in [1.165, 1.54) is 29.4 Å². The van der Waals surface area contributed by atoms with Crippen molar-refractivity contribution in [2.24, 2.45) is 0 Å². The van der Waals surface area contributed by atoms with E-state index in [1.807, 2.05) is 0 Å². The summed E-state index contributed by atoms with van der Waals surface area (Å²) in [7, 11) is 0. The number of benzene rings is 2. The van der Waals surface area contributed by atoms with Gasteiger partial charge in [0.2, 0.25) is 0 Å². The lowest BCUT2D eigenvalue weighted by molar-refractivity contribution is -0.142. The van der Waals surface area contributed by atoms with Gasteiger partial charge in [-0.05, 0) is 42.2 Å². The molecule has 0 amide bonds. The molecule has 0 N–H and O–H groups in total. The highest BCUT2D eigenvalue weighted by Gasteiger charge is 2.27. The SMILES string of the molecule is CCCCc1ccc2oc(-c3ccc(CN4CC(OC=O)C4)cc3)cc2c1. The first-order chi connectivity index (χ1) is 13.2. The van der Waals surface area contributed by atoms with E-state index in [0.717, 1.165) is 43.0 Å². The van der Waals surface area contributed by atoms with Crippen LogP contribution in [0.5, 0.6) is 0 Å². The number of furan rings is 1. The number of rotatable bonds is 8. The van der Waals surface area contributed by atoms with Gasteiger partial charge in [0.05, 0.1) is 0 Å². The van der Waals surface area contributed by atoms with E-state index in [2.05, 4.69) is 60.4 Å². The molecule has 140 valence electrons. The lowest BCUT2D eigenvalue weighted by Gasteiger charge is -2.37. The van der Waals surface area contributed by atoms with Gasteiger partial charge in [0, 0.05) is 30.6 Å². The van der Waals surface area contributed by atoms with Crippen LogP contribution in [0.25, 0.3) is 22.3 Å². The maximum Gasteiger partial charge on any atom is 0.293 e. The van der Waals surface area contributed by atoms with E-state index in [0.29, 0.717) is 6.47 Å². The quantitative estimate of drug-likeness (QED) is 0.539. The maximum absolute atomic E-state index is 10.3. The van der Waals surface area contributed by atoms with E-state index in [4.69, 9.17) is 9.15 Å². The van der Waals surface area contributed by atoms with Crippen LogP contribution in [0.4, 0.5) is 0 Å². The van der Waals surface area contributed by atoms with E-state index in [-0.39, 0.29) is 6.10 Å². The summed E-state index contributed by atoms with van der Waals surface area (Å²) in [6.07, 6.45) is 3.61. The lowest BCUT2D eigenvalue weighted by Crippen LogP contribution is -2.51. The van der Waals surface area contributed by atoms with Crippen molar-refractivity contribution in [3.8, 4) is 11.3 Å². The Morgan fingerprint density at radius 2 is 1.89 bits per heavy atom. The van der Waals surface area contributed by atoms with Crippen molar-refractivity contribution < 1.29 is 13.9 Å². The number of aryl methyl sites for hydroxylation is 1. The molecule has 4 rings (SSSR count). The summed E-state index contributed by atoms with van der Waals surface area (Å²) < 4.78 is 11.0. The van der Waals surface area contributed by atoms with Crippen molar-refractivity contribution in [2.75, 3.05) is 13.1 Å². The summed E-state index contributed by atoms with van der Waals surface area (Å²) in [5, 5.41) is 1.17. The zero-order valence-electron chi connectivity index (χ0n) is 15.7. The molecule has 0 bridgehead atoms. The Morgan fingerprint density at radius 3 is 2.63 bits per heavy atom. The summed E-state index contributed by atoms with van der Waals surface area (Å²) >= 11 is 0. The molecule has 1 aliphatic heterocycles. The van der Waals surface area contributed by atoms with E-state index >= 15 is 0 Å². The second-order valence-electron chi connectivity index (χ2n) is 7.33. The Morgan fingerprint density at radius 1 is 1.11 bits per heavy atom. The topological polar surface area (TPSA) is 42.7 Å². The van der Waals surface area contributed by atoms with Gasteiger partial charge >= 0.3 is 0 Å². The minimum Gasteiger partial charge on any atom is -0.462 e. The van der Waals surface area contributed by atoms with Crippen molar-refractivity contribution in [3.05, 3.63) is 59.7 Å². The molecule has 3 aromatic rings. The second-order valence-corrected chi connectivity index (χ2v) is 7.33. The second kappa shape index (κ2) is 7.97. The van der Waals surface area contributed by atoms with Crippen LogP contribution in [-0.4, -0.2) is 30.6 Å². The fraction of sp³-hybridized carbons (Fsp3) is 0.348. The summed E-state index contributed by atoms with van der Waals surface area (Å²) in [5.74, 6) is 0.910. The smallest absolute Gasteiger partial charge is 0.293 e. The van der Waals surface area contributed by atoms with Gasteiger partial charge < -0.3 is 9.15 Å². The highest BCUT2D eigenvalue weighted by atomic mass is 16.5. The molecule has 2 heterocycles. The first kappa shape index (κ1) is 17.8. The largest absolute Gasteiger partial charge is 0.462 e. The average molecular weight is 363 g/mol. The molecule has 0 atom stereocenters. The number of unbranched alkanes of at least 4 members (excludes halogenated alkanes) is 1. The highest BCUT2D eigenvalue weighted by Crippen LogP contribution is 2.29. The zero-order chi connectivity index (χ0) is 18.6. The molecular formula is C23H25NO3. The Hall–Kier alpha value is -2.59. The summed E-state index contributed by atoms with van der Waals surface area (Å²) in [6, 6.07) is 17.1. The number of fused-ring (bicyclic) bond motifs is 1. The number of likely N-dealkylation sites (tertiary alicyclic amines) is 1. The molecule has 0 radical (unpaired) electrons. The van der Waals surface area contributed by atoms with Crippen LogP contribution in [0.3, 0.4) is 0 Å². The molecule has 4 heteroatoms. The van der Waals surface area contributed by atoms with Crippen LogP contribution in [0.2, 0.25) is 0 Å². The van der Waals surface area contributed by atoms with Crippen LogP contribution < -0.4 is 0 Å². The van der Waals surface area contributed by atoms with Gasteiger partial charge in [-0.3, -0.25) is 9.69 Å². The van der Waals surface area contributed by atoms with E-state index < -0.39 is 0 Å². The van der Waals surface area contributed by atoms with Crippen LogP contribution in [0.1, 0.15) is 30.9 Å². The van der Waals surface area contributed by atoms with Crippen LogP contribution >= 0.6 is 0 Å². The Balaban J connectivity index is 1.43. The summed E-state index contributed by atoms with van der Waals surface area (Å²) in [6.45, 7) is 5.25. The van der Waals surface area contributed by atoms with Gasteiger partial charge in [0.25, 0.3) is 6.47 Å². The van der Waals surface area contributed by atoms with Crippen molar-refractivity contribution in [2.45, 2.75) is 38.8 Å². The third-order valence-corrected chi connectivity index (χ3v) is 5.22. The summed E-state index contributed by atoms with van der Waals surface area (Å²) in [4.78, 5) is 12.6. The van der Waals surface area contributed by atoms with E-state index in [9.17, 15) is 4.79 Å². The Bertz CT molecular complexity index is 907. The zero-order valence-corrected chi connectivity index (χ0v) is 15.7. The number of carbonyl (C=O) groups excluding carboxylic acids is 1. The number of ether oxygens (including phenoxy) is 1. The predicted octanol–water partition coefficient (Wildman–Crippen LogP) is 4.80. The minimum absolute atomic E-state index is 0.0551. The molecular weight excluding hydrogens is 338 g/mol.